The van der Waals surface area contributed by atoms with Gasteiger partial charge in [0.25, 0.3) is 0 Å². The summed E-state index contributed by atoms with van der Waals surface area (Å²) in [4.78, 5) is 0. The van der Waals surface area contributed by atoms with Crippen LogP contribution in [0, 0.1) is 45.3 Å². The summed E-state index contributed by atoms with van der Waals surface area (Å²) in [6.07, 6.45) is 0. The smallest absolute Gasteiger partial charge is 0.0992 e. The molecule has 4 heterocycles. The van der Waals surface area contributed by atoms with E-state index in [4.69, 9.17) is 0 Å². The van der Waals surface area contributed by atoms with Crippen LogP contribution in [0.25, 0.3) is 154 Å². The van der Waals surface area contributed by atoms with Gasteiger partial charge in [-0.15, -0.1) is 0 Å². The summed E-state index contributed by atoms with van der Waals surface area (Å²) in [7, 11) is 0. The lowest BCUT2D eigenvalue weighted by Gasteiger charge is -2.13. The number of fused-ring (bicyclic) bond motifs is 12. The molecule has 0 aliphatic rings. The highest BCUT2D eigenvalue weighted by Crippen LogP contribution is 2.44. The molecule has 14 aromatic carbocycles. The molecule has 18 rings (SSSR count). The molecular formula is C88H52N8. The lowest BCUT2D eigenvalue weighted by molar-refractivity contribution is 1.18. The second-order valence-corrected chi connectivity index (χ2v) is 24.1. The number of rotatable bonds is 8. The Morgan fingerprint density at radius 3 is 1.01 bits per heavy atom. The van der Waals surface area contributed by atoms with Crippen LogP contribution in [-0.2, 0) is 0 Å². The van der Waals surface area contributed by atoms with Crippen LogP contribution in [0.4, 0.5) is 0 Å². The predicted octanol–water partition coefficient (Wildman–Crippen LogP) is 21.9. The van der Waals surface area contributed by atoms with Gasteiger partial charge in [0.15, 0.2) is 0 Å². The molecule has 0 atom stereocenters. The second-order valence-electron chi connectivity index (χ2n) is 24.1. The largest absolute Gasteiger partial charge is 0.309 e. The van der Waals surface area contributed by atoms with Crippen molar-refractivity contribution in [2.45, 2.75) is 0 Å². The van der Waals surface area contributed by atoms with Crippen LogP contribution < -0.4 is 0 Å². The maximum absolute atomic E-state index is 9.70. The molecule has 4 aromatic heterocycles. The predicted molar refractivity (Wildman–Crippen MR) is 391 cm³/mol. The summed E-state index contributed by atoms with van der Waals surface area (Å²) < 4.78 is 9.15. The van der Waals surface area contributed by atoms with Gasteiger partial charge in [0.1, 0.15) is 0 Å². The van der Waals surface area contributed by atoms with Crippen LogP contribution in [0.3, 0.4) is 0 Å². The zero-order chi connectivity index (χ0) is 64.4. The fraction of sp³-hybridized carbons (Fsp3) is 0. The maximum atomic E-state index is 9.70. The summed E-state index contributed by atoms with van der Waals surface area (Å²) in [6.45, 7) is 0. The van der Waals surface area contributed by atoms with Crippen molar-refractivity contribution in [2.24, 2.45) is 0 Å². The Bertz CT molecular complexity index is 6370. The van der Waals surface area contributed by atoms with E-state index in [2.05, 4.69) is 279 Å². The molecule has 8 heteroatoms. The Kier molecular flexibility index (Phi) is 13.6. The Balaban J connectivity index is 0.000000145. The van der Waals surface area contributed by atoms with Gasteiger partial charge in [-0.2, -0.15) is 21.0 Å². The molecule has 0 fully saturated rings. The van der Waals surface area contributed by atoms with Crippen LogP contribution in [0.5, 0.6) is 0 Å². The molecular weight excluding hydrogens is 1170 g/mol. The Labute approximate surface area is 552 Å². The zero-order valence-corrected chi connectivity index (χ0v) is 51.6. The maximum Gasteiger partial charge on any atom is 0.0992 e. The van der Waals surface area contributed by atoms with Gasteiger partial charge in [0.2, 0.25) is 0 Å². The molecule has 96 heavy (non-hydrogen) atoms. The fourth-order valence-corrected chi connectivity index (χ4v) is 14.4. The van der Waals surface area contributed by atoms with E-state index in [1.165, 1.54) is 16.2 Å². The van der Waals surface area contributed by atoms with Crippen molar-refractivity contribution in [3.63, 3.8) is 0 Å². The molecule has 0 amide bonds. The lowest BCUT2D eigenvalue weighted by atomic mass is 9.96. The molecule has 444 valence electrons. The van der Waals surface area contributed by atoms with Crippen LogP contribution >= 0.6 is 0 Å². The van der Waals surface area contributed by atoms with Gasteiger partial charge in [-0.05, 0) is 185 Å². The van der Waals surface area contributed by atoms with Gasteiger partial charge in [-0.1, -0.05) is 164 Å². The highest BCUT2D eigenvalue weighted by atomic mass is 15.0. The standard InChI is InChI=1S/2C44H26N4/c45-27-29-9-6-14-35(23-29)47-41-18-5-4-15-37(41)40-26-32(20-22-42(40)47)31-10-7-11-33(25-31)36-16-8-17-38-39-24-30(28-46)19-21-43(39)48(44(36)38)34-12-2-1-3-13-34;45-27-29-16-20-35(21-17-29)47-41-15-5-4-12-37(41)40-26-32(19-23-42(40)47)31-8-6-9-33(25-31)36-13-7-14-38-39-24-30(28-46)18-22-43(39)48(44(36)38)34-10-2-1-3-11-34/h2*1-26H. The van der Waals surface area contributed by atoms with Crippen molar-refractivity contribution in [3.05, 3.63) is 338 Å². The molecule has 0 aliphatic heterocycles. The molecule has 8 nitrogen and oxygen atoms in total. The van der Waals surface area contributed by atoms with Crippen molar-refractivity contribution < 1.29 is 0 Å². The van der Waals surface area contributed by atoms with Gasteiger partial charge in [0.05, 0.1) is 90.7 Å². The second kappa shape index (κ2) is 23.2. The summed E-state index contributed by atoms with van der Waals surface area (Å²) in [5.41, 5.74) is 24.6. The number of para-hydroxylation sites is 6. The third-order valence-corrected chi connectivity index (χ3v) is 18.7. The fourth-order valence-electron chi connectivity index (χ4n) is 14.4. The Hall–Kier alpha value is -13.8. The lowest BCUT2D eigenvalue weighted by Crippen LogP contribution is -1.95. The van der Waals surface area contributed by atoms with Gasteiger partial charge in [-0.3, -0.25) is 0 Å². The third kappa shape index (κ3) is 9.34. The van der Waals surface area contributed by atoms with Crippen LogP contribution in [0.2, 0.25) is 0 Å². The van der Waals surface area contributed by atoms with E-state index in [1.807, 2.05) is 78.9 Å². The summed E-state index contributed by atoms with van der Waals surface area (Å²) >= 11 is 0. The van der Waals surface area contributed by atoms with E-state index in [9.17, 15) is 21.0 Å². The van der Waals surface area contributed by atoms with E-state index >= 15 is 0 Å². The van der Waals surface area contributed by atoms with Crippen LogP contribution in [-0.4, -0.2) is 18.3 Å². The van der Waals surface area contributed by atoms with Crippen molar-refractivity contribution in [2.75, 3.05) is 0 Å². The first-order chi connectivity index (χ1) is 47.4. The molecule has 18 aromatic rings. The molecule has 0 radical (unpaired) electrons. The number of benzene rings is 14. The van der Waals surface area contributed by atoms with E-state index in [-0.39, 0.29) is 0 Å². The van der Waals surface area contributed by atoms with E-state index < -0.39 is 0 Å². The average molecular weight is 1220 g/mol. The van der Waals surface area contributed by atoms with E-state index in [0.29, 0.717) is 22.3 Å². The molecule has 0 spiro atoms. The Morgan fingerprint density at radius 2 is 0.521 bits per heavy atom. The van der Waals surface area contributed by atoms with E-state index in [0.717, 1.165) is 138 Å². The van der Waals surface area contributed by atoms with Crippen molar-refractivity contribution in [1.82, 2.24) is 18.3 Å². The number of nitrogens with zero attached hydrogens (tertiary/aromatic N) is 8. The minimum atomic E-state index is 0.638. The topological polar surface area (TPSA) is 115 Å². The number of aromatic nitrogens is 4. The molecule has 0 bridgehead atoms. The van der Waals surface area contributed by atoms with Gasteiger partial charge in [-0.25, -0.2) is 0 Å². The Morgan fingerprint density at radius 1 is 0.188 bits per heavy atom. The van der Waals surface area contributed by atoms with Crippen molar-refractivity contribution in [1.29, 1.82) is 21.0 Å². The summed E-state index contributed by atoms with van der Waals surface area (Å²) in [6, 6.07) is 118. The zero-order valence-electron chi connectivity index (χ0n) is 51.6. The van der Waals surface area contributed by atoms with Gasteiger partial charge in [0, 0.05) is 77.0 Å². The minimum absolute atomic E-state index is 0.638. The van der Waals surface area contributed by atoms with Crippen molar-refractivity contribution >= 4 is 87.2 Å². The quantitative estimate of drug-likeness (QED) is 0.151. The van der Waals surface area contributed by atoms with Crippen LogP contribution in [0.1, 0.15) is 22.3 Å². The van der Waals surface area contributed by atoms with Gasteiger partial charge >= 0.3 is 0 Å². The number of hydrogen-bond acceptors (Lipinski definition) is 4. The first-order valence-corrected chi connectivity index (χ1v) is 31.8. The summed E-state index contributed by atoms with van der Waals surface area (Å²) in [5.74, 6) is 0. The number of nitriles is 4. The normalized spacial score (nSPS) is 11.3. The highest BCUT2D eigenvalue weighted by molar-refractivity contribution is 6.17. The SMILES string of the molecule is N#Cc1ccc(-n2c3ccccc3c3cc(-c4cccc(-c5cccc6c7cc(C#N)ccc7n(-c7ccccc7)c56)c4)ccc32)cc1.N#Cc1cccc(-n2c3ccccc3c3cc(-c4cccc(-c5cccc6c7cc(C#N)ccc7n(-c7ccccc7)c56)c4)ccc32)c1. The molecule has 0 saturated carbocycles. The van der Waals surface area contributed by atoms with Gasteiger partial charge < -0.3 is 18.3 Å². The first kappa shape index (κ1) is 56.2. The number of hydrogen-bond donors (Lipinski definition) is 0. The third-order valence-electron chi connectivity index (χ3n) is 18.7. The molecule has 0 saturated heterocycles. The molecule has 0 N–H and O–H groups in total. The van der Waals surface area contributed by atoms with Crippen LogP contribution in [0.15, 0.2) is 315 Å². The summed E-state index contributed by atoms with van der Waals surface area (Å²) in [5, 5.41) is 47.4. The average Bonchev–Trinajstić information content (AvgIpc) is 1.60. The first-order valence-electron chi connectivity index (χ1n) is 31.8. The van der Waals surface area contributed by atoms with E-state index in [1.54, 1.807) is 0 Å². The highest BCUT2D eigenvalue weighted by Gasteiger charge is 2.22. The minimum Gasteiger partial charge on any atom is -0.309 e. The van der Waals surface area contributed by atoms with Crippen molar-refractivity contribution in [3.8, 4) is 91.5 Å². The molecule has 0 aliphatic carbocycles. The molecule has 0 unspecified atom stereocenters. The monoisotopic (exact) mass is 1220 g/mol.